The fraction of sp³-hybridized carbons (Fsp3) is 0.150. The van der Waals surface area contributed by atoms with Crippen LogP contribution in [-0.2, 0) is 9.59 Å². The predicted molar refractivity (Wildman–Crippen MR) is 107 cm³/mol. The number of thioether (sulfide) groups is 1. The molecule has 3 aromatic rings. The van der Waals surface area contributed by atoms with Gasteiger partial charge in [0.15, 0.2) is 0 Å². The van der Waals surface area contributed by atoms with Gasteiger partial charge in [-0.25, -0.2) is 4.90 Å². The first-order valence-corrected chi connectivity index (χ1v) is 10.4. The Morgan fingerprint density at radius 3 is 2.39 bits per heavy atom. The number of anilines is 1. The summed E-state index contributed by atoms with van der Waals surface area (Å²) in [6.07, 6.45) is 0. The van der Waals surface area contributed by atoms with Gasteiger partial charge in [-0.2, -0.15) is 0 Å². The molecule has 6 nitrogen and oxygen atoms in total. The number of aromatic amines is 1. The number of carbonyl (C=O) groups is 2. The molecule has 0 bridgehead atoms. The number of imide groups is 1. The lowest BCUT2D eigenvalue weighted by Gasteiger charge is -2.30. The van der Waals surface area contributed by atoms with Crippen molar-refractivity contribution in [1.29, 1.82) is 0 Å². The van der Waals surface area contributed by atoms with E-state index >= 15 is 0 Å². The van der Waals surface area contributed by atoms with Crippen molar-refractivity contribution in [2.75, 3.05) is 4.90 Å². The highest BCUT2D eigenvalue weighted by Gasteiger charge is 2.56. The summed E-state index contributed by atoms with van der Waals surface area (Å²) < 4.78 is 0. The molecule has 2 aliphatic heterocycles. The number of H-pyrrole nitrogens is 1. The van der Waals surface area contributed by atoms with Crippen molar-refractivity contribution in [2.45, 2.75) is 16.2 Å². The van der Waals surface area contributed by atoms with Gasteiger partial charge in [-0.05, 0) is 18.2 Å². The van der Waals surface area contributed by atoms with Gasteiger partial charge in [-0.3, -0.25) is 14.4 Å². The molecular formula is C20H14N2O4S2. The molecule has 0 radical (unpaired) electrons. The fourth-order valence-electron chi connectivity index (χ4n) is 3.93. The van der Waals surface area contributed by atoms with Gasteiger partial charge in [-0.15, -0.1) is 0 Å². The number of para-hydroxylation sites is 2. The van der Waals surface area contributed by atoms with Gasteiger partial charge >= 0.3 is 4.87 Å². The first kappa shape index (κ1) is 17.3. The summed E-state index contributed by atoms with van der Waals surface area (Å²) in [4.78, 5) is 43.0. The number of aromatic nitrogens is 1. The maximum absolute atomic E-state index is 13.4. The molecule has 5 rings (SSSR count). The van der Waals surface area contributed by atoms with E-state index < -0.39 is 17.1 Å². The minimum atomic E-state index is -0.690. The summed E-state index contributed by atoms with van der Waals surface area (Å²) in [5, 5.41) is 10.4. The van der Waals surface area contributed by atoms with Crippen LogP contribution in [0.3, 0.4) is 0 Å². The van der Waals surface area contributed by atoms with Crippen LogP contribution in [0.2, 0.25) is 0 Å². The number of phenols is 1. The summed E-state index contributed by atoms with van der Waals surface area (Å²) in [6.45, 7) is 0. The Bertz CT molecular complexity index is 1150. The number of hydrogen-bond acceptors (Lipinski definition) is 6. The van der Waals surface area contributed by atoms with Crippen LogP contribution < -0.4 is 9.77 Å². The summed E-state index contributed by atoms with van der Waals surface area (Å²) in [7, 11) is 0. The molecule has 3 heterocycles. The molecule has 2 aromatic carbocycles. The third-order valence-corrected chi connectivity index (χ3v) is 7.51. The van der Waals surface area contributed by atoms with E-state index in [2.05, 4.69) is 4.98 Å². The van der Waals surface area contributed by atoms with E-state index in [1.165, 1.54) is 16.7 Å². The summed E-state index contributed by atoms with van der Waals surface area (Å²) in [5.74, 6) is -1.82. The van der Waals surface area contributed by atoms with E-state index in [-0.39, 0.29) is 22.4 Å². The summed E-state index contributed by atoms with van der Waals surface area (Å²) in [5.41, 5.74) is 1.07. The number of thiazole rings is 1. The van der Waals surface area contributed by atoms with Crippen LogP contribution in [0.4, 0.5) is 5.69 Å². The molecule has 1 aromatic heterocycles. The molecule has 0 saturated carbocycles. The summed E-state index contributed by atoms with van der Waals surface area (Å²) >= 11 is 2.25. The first-order chi connectivity index (χ1) is 13.6. The highest BCUT2D eigenvalue weighted by molar-refractivity contribution is 8.00. The van der Waals surface area contributed by atoms with Gasteiger partial charge < -0.3 is 10.1 Å². The topological polar surface area (TPSA) is 90.5 Å². The molecule has 1 fully saturated rings. The van der Waals surface area contributed by atoms with E-state index in [0.717, 1.165) is 11.3 Å². The van der Waals surface area contributed by atoms with E-state index in [0.29, 0.717) is 21.2 Å². The number of aromatic hydroxyl groups is 1. The lowest BCUT2D eigenvalue weighted by molar-refractivity contribution is -0.122. The Labute approximate surface area is 167 Å². The van der Waals surface area contributed by atoms with Crippen LogP contribution >= 0.6 is 23.1 Å². The number of rotatable bonds is 2. The van der Waals surface area contributed by atoms with Crippen LogP contribution in [0.15, 0.2) is 64.4 Å². The molecule has 140 valence electrons. The van der Waals surface area contributed by atoms with Crippen LogP contribution in [0, 0.1) is 5.92 Å². The summed E-state index contributed by atoms with van der Waals surface area (Å²) in [6, 6.07) is 15.6. The zero-order chi connectivity index (χ0) is 19.4. The van der Waals surface area contributed by atoms with Crippen molar-refractivity contribution in [3.63, 3.8) is 0 Å². The van der Waals surface area contributed by atoms with E-state index in [1.807, 2.05) is 6.07 Å². The van der Waals surface area contributed by atoms with Gasteiger partial charge in [0.1, 0.15) is 11.0 Å². The number of nitrogens with one attached hydrogen (secondary N) is 1. The second kappa shape index (κ2) is 6.35. The predicted octanol–water partition coefficient (Wildman–Crippen LogP) is 2.94. The van der Waals surface area contributed by atoms with Gasteiger partial charge in [0, 0.05) is 16.4 Å². The SMILES string of the molecule is O=C1C2Sc3[nH]c(=O)sc3[C@H](c3ccccc3O)C2C(=O)N1c1ccccc1. The van der Waals surface area contributed by atoms with Gasteiger partial charge in [0.25, 0.3) is 0 Å². The monoisotopic (exact) mass is 410 g/mol. The molecule has 2 unspecified atom stereocenters. The maximum atomic E-state index is 13.4. The van der Waals surface area contributed by atoms with Crippen molar-refractivity contribution in [2.24, 2.45) is 5.92 Å². The molecular weight excluding hydrogens is 396 g/mol. The zero-order valence-electron chi connectivity index (χ0n) is 14.4. The Morgan fingerprint density at radius 2 is 1.64 bits per heavy atom. The molecule has 0 aliphatic carbocycles. The van der Waals surface area contributed by atoms with Gasteiger partial charge in [0.05, 0.1) is 16.6 Å². The lowest BCUT2D eigenvalue weighted by atomic mass is 9.82. The van der Waals surface area contributed by atoms with Crippen LogP contribution in [0.5, 0.6) is 5.75 Å². The fourth-order valence-corrected chi connectivity index (χ4v) is 6.44. The van der Waals surface area contributed by atoms with Crippen molar-refractivity contribution in [1.82, 2.24) is 4.98 Å². The molecule has 2 aliphatic rings. The minimum absolute atomic E-state index is 0.0448. The van der Waals surface area contributed by atoms with Crippen molar-refractivity contribution >= 4 is 40.6 Å². The maximum Gasteiger partial charge on any atom is 0.305 e. The quantitative estimate of drug-likeness (QED) is 0.634. The highest BCUT2D eigenvalue weighted by Crippen LogP contribution is 2.54. The normalized spacial score (nSPS) is 23.6. The standard InChI is InChI=1S/C20H14N2O4S2/c23-12-9-5-4-8-11(12)13-14-16(27-17-15(13)28-20(26)21-17)19(25)22(18(14)24)10-6-2-1-3-7-10/h1-9,13-14,16,23H,(H,21,26)/t13-,14?,16?/m1/s1. The van der Waals surface area contributed by atoms with Crippen LogP contribution in [0.1, 0.15) is 16.4 Å². The molecule has 28 heavy (non-hydrogen) atoms. The van der Waals surface area contributed by atoms with Crippen molar-refractivity contribution in [3.05, 3.63) is 74.7 Å². The molecule has 8 heteroatoms. The number of carbonyl (C=O) groups excluding carboxylic acids is 2. The average molecular weight is 410 g/mol. The number of benzene rings is 2. The lowest BCUT2D eigenvalue weighted by Crippen LogP contribution is -2.32. The Hall–Kier alpha value is -2.84. The van der Waals surface area contributed by atoms with E-state index in [1.54, 1.807) is 48.5 Å². The van der Waals surface area contributed by atoms with Crippen molar-refractivity contribution < 1.29 is 14.7 Å². The Kier molecular flexibility index (Phi) is 3.92. The van der Waals surface area contributed by atoms with Crippen molar-refractivity contribution in [3.8, 4) is 5.75 Å². The third kappa shape index (κ3) is 2.45. The molecule has 0 spiro atoms. The van der Waals surface area contributed by atoms with Crippen LogP contribution in [-0.4, -0.2) is 27.2 Å². The number of fused-ring (bicyclic) bond motifs is 2. The molecule has 2 amide bonds. The number of phenolic OH excluding ortho intramolecular Hbond substituents is 1. The van der Waals surface area contributed by atoms with Crippen LogP contribution in [0.25, 0.3) is 0 Å². The number of amides is 2. The first-order valence-electron chi connectivity index (χ1n) is 8.66. The molecule has 3 atom stereocenters. The van der Waals surface area contributed by atoms with Gasteiger partial charge in [0.2, 0.25) is 11.8 Å². The Morgan fingerprint density at radius 1 is 0.929 bits per heavy atom. The highest BCUT2D eigenvalue weighted by atomic mass is 32.2. The molecule has 2 N–H and O–H groups in total. The van der Waals surface area contributed by atoms with E-state index in [9.17, 15) is 19.5 Å². The average Bonchev–Trinajstić information content (AvgIpc) is 3.18. The van der Waals surface area contributed by atoms with Gasteiger partial charge in [-0.1, -0.05) is 59.5 Å². The Balaban J connectivity index is 1.69. The largest absolute Gasteiger partial charge is 0.508 e. The second-order valence-corrected chi connectivity index (χ2v) is 8.82. The third-order valence-electron chi connectivity index (χ3n) is 5.11. The molecule has 1 saturated heterocycles. The zero-order valence-corrected chi connectivity index (χ0v) is 16.0. The smallest absolute Gasteiger partial charge is 0.305 e. The number of nitrogens with zero attached hydrogens (tertiary/aromatic N) is 1. The van der Waals surface area contributed by atoms with E-state index in [4.69, 9.17) is 0 Å². The minimum Gasteiger partial charge on any atom is -0.508 e. The number of hydrogen-bond donors (Lipinski definition) is 2. The second-order valence-electron chi connectivity index (χ2n) is 6.66.